The third kappa shape index (κ3) is 4.48. The Labute approximate surface area is 107 Å². The van der Waals surface area contributed by atoms with Crippen molar-refractivity contribution in [2.75, 3.05) is 26.2 Å². The lowest BCUT2D eigenvalue weighted by atomic mass is 10.1. The molecule has 0 aliphatic carbocycles. The second-order valence-electron chi connectivity index (χ2n) is 4.52. The zero-order chi connectivity index (χ0) is 11.9. The van der Waals surface area contributed by atoms with E-state index in [1.807, 2.05) is 0 Å². The Balaban J connectivity index is 1.60. The van der Waals surface area contributed by atoms with Gasteiger partial charge in [0, 0.05) is 11.4 Å². The van der Waals surface area contributed by atoms with Gasteiger partial charge >= 0.3 is 0 Å². The fourth-order valence-electron chi connectivity index (χ4n) is 2.16. The molecule has 0 radical (unpaired) electrons. The van der Waals surface area contributed by atoms with Gasteiger partial charge in [-0.1, -0.05) is 12.5 Å². The Hall–Kier alpha value is -0.870. The highest BCUT2D eigenvalue weighted by molar-refractivity contribution is 7.09. The van der Waals surface area contributed by atoms with Gasteiger partial charge in [0.1, 0.15) is 0 Å². The third-order valence-electron chi connectivity index (χ3n) is 3.09. The Morgan fingerprint density at radius 1 is 1.35 bits per heavy atom. The van der Waals surface area contributed by atoms with Gasteiger partial charge in [-0.15, -0.1) is 11.3 Å². The number of piperidine rings is 1. The molecule has 1 fully saturated rings. The summed E-state index contributed by atoms with van der Waals surface area (Å²) in [7, 11) is 0. The van der Waals surface area contributed by atoms with Gasteiger partial charge in [0.25, 0.3) is 0 Å². The van der Waals surface area contributed by atoms with E-state index >= 15 is 0 Å². The zero-order valence-corrected chi connectivity index (χ0v) is 11.0. The van der Waals surface area contributed by atoms with Crippen molar-refractivity contribution in [3.63, 3.8) is 0 Å². The zero-order valence-electron chi connectivity index (χ0n) is 10.2. The molecule has 0 spiro atoms. The maximum atomic E-state index is 11.7. The first-order chi connectivity index (χ1) is 8.34. The smallest absolute Gasteiger partial charge is 0.234 e. The largest absolute Gasteiger partial charge is 0.355 e. The number of carbonyl (C=O) groups excluding carboxylic acids is 1. The molecule has 1 amide bonds. The lowest BCUT2D eigenvalue weighted by molar-refractivity contribution is -0.122. The molecule has 0 atom stereocenters. The first kappa shape index (κ1) is 12.6. The van der Waals surface area contributed by atoms with E-state index in [1.165, 1.54) is 24.1 Å². The normalized spacial score (nSPS) is 16.9. The number of amides is 1. The van der Waals surface area contributed by atoms with Crippen LogP contribution >= 0.6 is 11.3 Å². The van der Waals surface area contributed by atoms with E-state index in [2.05, 4.69) is 27.7 Å². The molecule has 0 aromatic carbocycles. The third-order valence-corrected chi connectivity index (χ3v) is 4.03. The first-order valence-corrected chi connectivity index (χ1v) is 7.24. The molecule has 1 aliphatic rings. The van der Waals surface area contributed by atoms with Crippen molar-refractivity contribution in [1.29, 1.82) is 0 Å². The topological polar surface area (TPSA) is 32.3 Å². The van der Waals surface area contributed by atoms with Crippen molar-refractivity contribution >= 4 is 17.2 Å². The number of hydrogen-bond donors (Lipinski definition) is 1. The fourth-order valence-corrected chi connectivity index (χ4v) is 2.87. The molecular formula is C13H20N2OS. The van der Waals surface area contributed by atoms with Gasteiger partial charge in [0.2, 0.25) is 5.91 Å². The molecule has 4 heteroatoms. The predicted molar refractivity (Wildman–Crippen MR) is 71.3 cm³/mol. The van der Waals surface area contributed by atoms with Gasteiger partial charge in [-0.25, -0.2) is 0 Å². The van der Waals surface area contributed by atoms with Crippen LogP contribution in [-0.2, 0) is 11.2 Å². The van der Waals surface area contributed by atoms with E-state index in [-0.39, 0.29) is 5.91 Å². The molecule has 1 N–H and O–H groups in total. The van der Waals surface area contributed by atoms with E-state index in [9.17, 15) is 4.79 Å². The average Bonchev–Trinajstić information content (AvgIpc) is 2.83. The molecule has 0 saturated carbocycles. The molecule has 0 unspecified atom stereocenters. The Kier molecular flexibility index (Phi) is 5.01. The summed E-state index contributed by atoms with van der Waals surface area (Å²) in [6, 6.07) is 4.16. The van der Waals surface area contributed by atoms with Crippen molar-refractivity contribution in [1.82, 2.24) is 10.2 Å². The number of hydrogen-bond acceptors (Lipinski definition) is 3. The quantitative estimate of drug-likeness (QED) is 0.868. The lowest BCUT2D eigenvalue weighted by Gasteiger charge is -2.25. The van der Waals surface area contributed by atoms with Crippen molar-refractivity contribution in [3.8, 4) is 0 Å². The summed E-state index contributed by atoms with van der Waals surface area (Å²) < 4.78 is 0. The van der Waals surface area contributed by atoms with E-state index in [1.54, 1.807) is 11.3 Å². The molecule has 17 heavy (non-hydrogen) atoms. The highest BCUT2D eigenvalue weighted by Gasteiger charge is 2.13. The summed E-state index contributed by atoms with van der Waals surface area (Å²) >= 11 is 1.75. The Bertz CT molecular complexity index is 331. The molecule has 0 bridgehead atoms. The second-order valence-corrected chi connectivity index (χ2v) is 5.55. The number of nitrogens with zero attached hydrogens (tertiary/aromatic N) is 1. The monoisotopic (exact) mass is 252 g/mol. The van der Waals surface area contributed by atoms with E-state index < -0.39 is 0 Å². The molecule has 1 aromatic heterocycles. The number of nitrogens with one attached hydrogen (secondary N) is 1. The van der Waals surface area contributed by atoms with Crippen LogP contribution in [0.5, 0.6) is 0 Å². The van der Waals surface area contributed by atoms with Crippen LogP contribution in [0.4, 0.5) is 0 Å². The van der Waals surface area contributed by atoms with E-state index in [4.69, 9.17) is 0 Å². The summed E-state index contributed by atoms with van der Waals surface area (Å²) in [5.74, 6) is 0.170. The van der Waals surface area contributed by atoms with Gasteiger partial charge in [0.15, 0.2) is 0 Å². The molecular weight excluding hydrogens is 232 g/mol. The summed E-state index contributed by atoms with van der Waals surface area (Å²) in [6.45, 7) is 3.49. The first-order valence-electron chi connectivity index (χ1n) is 6.36. The van der Waals surface area contributed by atoms with Crippen LogP contribution in [0.2, 0.25) is 0 Å². The van der Waals surface area contributed by atoms with Crippen LogP contribution < -0.4 is 5.32 Å². The molecule has 94 valence electrons. The molecule has 1 aromatic rings. The molecule has 1 saturated heterocycles. The van der Waals surface area contributed by atoms with Crippen LogP contribution in [-0.4, -0.2) is 37.0 Å². The summed E-state index contributed by atoms with van der Waals surface area (Å²) in [6.07, 6.45) is 4.74. The van der Waals surface area contributed by atoms with Gasteiger partial charge in [0.05, 0.1) is 6.54 Å². The summed E-state index contributed by atoms with van der Waals surface area (Å²) in [5, 5.41) is 5.07. The molecule has 2 rings (SSSR count). The predicted octanol–water partition coefficient (Wildman–Crippen LogP) is 1.89. The maximum Gasteiger partial charge on any atom is 0.234 e. The van der Waals surface area contributed by atoms with E-state index in [0.717, 1.165) is 26.1 Å². The fraction of sp³-hybridized carbons (Fsp3) is 0.615. The number of likely N-dealkylation sites (tertiary alicyclic amines) is 1. The minimum absolute atomic E-state index is 0.170. The minimum atomic E-state index is 0.170. The van der Waals surface area contributed by atoms with Crippen LogP contribution in [0, 0.1) is 0 Å². The minimum Gasteiger partial charge on any atom is -0.355 e. The summed E-state index contributed by atoms with van der Waals surface area (Å²) in [5.41, 5.74) is 0. The number of carbonyl (C=O) groups is 1. The SMILES string of the molecule is O=C(CN1CCCCC1)NCCc1cccs1. The van der Waals surface area contributed by atoms with Gasteiger partial charge in [-0.3, -0.25) is 9.69 Å². The van der Waals surface area contributed by atoms with Crippen molar-refractivity contribution in [2.24, 2.45) is 0 Å². The van der Waals surface area contributed by atoms with Crippen LogP contribution in [0.3, 0.4) is 0 Å². The van der Waals surface area contributed by atoms with Gasteiger partial charge in [-0.2, -0.15) is 0 Å². The molecule has 1 aliphatic heterocycles. The highest BCUT2D eigenvalue weighted by Crippen LogP contribution is 2.09. The maximum absolute atomic E-state index is 11.7. The van der Waals surface area contributed by atoms with Crippen molar-refractivity contribution < 1.29 is 4.79 Å². The number of rotatable bonds is 5. The van der Waals surface area contributed by atoms with Crippen LogP contribution in [0.1, 0.15) is 24.1 Å². The van der Waals surface area contributed by atoms with Crippen molar-refractivity contribution in [2.45, 2.75) is 25.7 Å². The molecule has 2 heterocycles. The van der Waals surface area contributed by atoms with Gasteiger partial charge in [-0.05, 0) is 43.8 Å². The molecule has 3 nitrogen and oxygen atoms in total. The Morgan fingerprint density at radius 2 is 2.18 bits per heavy atom. The van der Waals surface area contributed by atoms with Crippen LogP contribution in [0.15, 0.2) is 17.5 Å². The van der Waals surface area contributed by atoms with E-state index in [0.29, 0.717) is 6.54 Å². The summed E-state index contributed by atoms with van der Waals surface area (Å²) in [4.78, 5) is 15.3. The standard InChI is InChI=1S/C13H20N2OS/c16-13(11-15-8-2-1-3-9-15)14-7-6-12-5-4-10-17-12/h4-5,10H,1-3,6-9,11H2,(H,14,16). The Morgan fingerprint density at radius 3 is 2.88 bits per heavy atom. The van der Waals surface area contributed by atoms with Crippen molar-refractivity contribution in [3.05, 3.63) is 22.4 Å². The van der Waals surface area contributed by atoms with Gasteiger partial charge < -0.3 is 5.32 Å². The number of thiophene rings is 1. The second kappa shape index (κ2) is 6.77. The average molecular weight is 252 g/mol. The lowest BCUT2D eigenvalue weighted by Crippen LogP contribution is -2.40. The van der Waals surface area contributed by atoms with Crippen LogP contribution in [0.25, 0.3) is 0 Å². The highest BCUT2D eigenvalue weighted by atomic mass is 32.1.